The third-order valence-corrected chi connectivity index (χ3v) is 2.95. The molecule has 0 aliphatic carbocycles. The summed E-state index contributed by atoms with van der Waals surface area (Å²) in [5.41, 5.74) is 1.39. The minimum atomic E-state index is 1.06. The molecule has 14 heavy (non-hydrogen) atoms. The second kappa shape index (κ2) is 7.89. The first-order valence-corrected chi connectivity index (χ1v) is 6.30. The molecule has 1 aromatic carbocycles. The Morgan fingerprint density at radius 3 is 2.64 bits per heavy atom. The van der Waals surface area contributed by atoms with Crippen molar-refractivity contribution in [1.82, 2.24) is 4.72 Å². The van der Waals surface area contributed by atoms with Gasteiger partial charge in [-0.1, -0.05) is 62.0 Å². The van der Waals surface area contributed by atoms with Gasteiger partial charge in [-0.3, -0.25) is 4.72 Å². The third kappa shape index (κ3) is 5.30. The van der Waals surface area contributed by atoms with E-state index in [-0.39, 0.29) is 0 Å². The molecule has 0 aliphatic rings. The average molecular weight is 209 g/mol. The van der Waals surface area contributed by atoms with Crippen molar-refractivity contribution in [3.63, 3.8) is 0 Å². The van der Waals surface area contributed by atoms with Crippen molar-refractivity contribution in [2.45, 2.75) is 31.9 Å². The average Bonchev–Trinajstić information content (AvgIpc) is 2.25. The van der Waals surface area contributed by atoms with E-state index < -0.39 is 0 Å². The molecule has 0 heterocycles. The van der Waals surface area contributed by atoms with Crippen LogP contribution in [-0.4, -0.2) is 6.54 Å². The topological polar surface area (TPSA) is 12.0 Å². The number of unbranched alkanes of at least 4 members (excludes halogenated alkanes) is 2. The van der Waals surface area contributed by atoms with Gasteiger partial charge in [-0.2, -0.15) is 0 Å². The van der Waals surface area contributed by atoms with Gasteiger partial charge in [0.25, 0.3) is 0 Å². The van der Waals surface area contributed by atoms with Gasteiger partial charge in [0, 0.05) is 12.3 Å². The van der Waals surface area contributed by atoms with E-state index in [0.717, 1.165) is 12.3 Å². The van der Waals surface area contributed by atoms with Gasteiger partial charge in [0.2, 0.25) is 0 Å². The van der Waals surface area contributed by atoms with Crippen molar-refractivity contribution in [3.05, 3.63) is 35.9 Å². The van der Waals surface area contributed by atoms with Crippen LogP contribution < -0.4 is 4.72 Å². The standard InChI is InChI=1S/C12H19NS/c1-2-3-7-10-13-14-11-12-8-5-4-6-9-12/h4-6,8-9,13H,2-3,7,10-11H2,1H3. The molecule has 0 bridgehead atoms. The van der Waals surface area contributed by atoms with Crippen LogP contribution >= 0.6 is 11.9 Å². The summed E-state index contributed by atoms with van der Waals surface area (Å²) in [7, 11) is 0. The molecule has 0 atom stereocenters. The lowest BCUT2D eigenvalue weighted by molar-refractivity contribution is 0.709. The van der Waals surface area contributed by atoms with Gasteiger partial charge < -0.3 is 0 Å². The summed E-state index contributed by atoms with van der Waals surface area (Å²) in [4.78, 5) is 0. The molecule has 0 amide bonds. The molecule has 0 saturated carbocycles. The lowest BCUT2D eigenvalue weighted by Crippen LogP contribution is -2.05. The Morgan fingerprint density at radius 1 is 1.14 bits per heavy atom. The van der Waals surface area contributed by atoms with Crippen LogP contribution in [0.15, 0.2) is 30.3 Å². The Kier molecular flexibility index (Phi) is 6.54. The highest BCUT2D eigenvalue weighted by atomic mass is 32.2. The number of benzene rings is 1. The van der Waals surface area contributed by atoms with Crippen molar-refractivity contribution in [3.8, 4) is 0 Å². The highest BCUT2D eigenvalue weighted by molar-refractivity contribution is 7.96. The maximum absolute atomic E-state index is 3.39. The SMILES string of the molecule is CCCCCNSCc1ccccc1. The van der Waals surface area contributed by atoms with Crippen LogP contribution in [0.2, 0.25) is 0 Å². The van der Waals surface area contributed by atoms with Gasteiger partial charge >= 0.3 is 0 Å². The summed E-state index contributed by atoms with van der Waals surface area (Å²) in [5.74, 6) is 1.06. The zero-order chi connectivity index (χ0) is 10.1. The van der Waals surface area contributed by atoms with Gasteiger partial charge in [0.1, 0.15) is 0 Å². The minimum absolute atomic E-state index is 1.06. The largest absolute Gasteiger partial charge is 0.264 e. The van der Waals surface area contributed by atoms with E-state index in [1.807, 2.05) is 0 Å². The first-order chi connectivity index (χ1) is 6.93. The molecule has 0 saturated heterocycles. The number of hydrogen-bond donors (Lipinski definition) is 1. The predicted octanol–water partition coefficient (Wildman–Crippen LogP) is 3.61. The van der Waals surface area contributed by atoms with E-state index in [1.54, 1.807) is 11.9 Å². The van der Waals surface area contributed by atoms with Crippen molar-refractivity contribution in [2.24, 2.45) is 0 Å². The van der Waals surface area contributed by atoms with Crippen molar-refractivity contribution >= 4 is 11.9 Å². The molecule has 0 fully saturated rings. The first kappa shape index (κ1) is 11.6. The monoisotopic (exact) mass is 209 g/mol. The van der Waals surface area contributed by atoms with Crippen molar-refractivity contribution in [1.29, 1.82) is 0 Å². The number of rotatable bonds is 7. The van der Waals surface area contributed by atoms with Crippen molar-refractivity contribution < 1.29 is 0 Å². The molecule has 1 N–H and O–H groups in total. The van der Waals surface area contributed by atoms with E-state index in [9.17, 15) is 0 Å². The second-order valence-electron chi connectivity index (χ2n) is 3.38. The minimum Gasteiger partial charge on any atom is -0.264 e. The Hall–Kier alpha value is -0.470. The molecule has 0 unspecified atom stereocenters. The second-order valence-corrected chi connectivity index (χ2v) is 4.24. The highest BCUT2D eigenvalue weighted by Crippen LogP contribution is 2.08. The molecule has 0 radical (unpaired) electrons. The van der Waals surface area contributed by atoms with Crippen LogP contribution in [0.5, 0.6) is 0 Å². The molecule has 1 nitrogen and oxygen atoms in total. The van der Waals surface area contributed by atoms with E-state index in [0.29, 0.717) is 0 Å². The predicted molar refractivity (Wildman–Crippen MR) is 65.3 cm³/mol. The molecule has 2 heteroatoms. The Balaban J connectivity index is 1.99. The molecular weight excluding hydrogens is 190 g/mol. The molecule has 0 aromatic heterocycles. The Bertz CT molecular complexity index is 223. The van der Waals surface area contributed by atoms with Gasteiger partial charge in [0.05, 0.1) is 0 Å². The van der Waals surface area contributed by atoms with Crippen LogP contribution in [0.1, 0.15) is 31.7 Å². The van der Waals surface area contributed by atoms with Gasteiger partial charge in [0.15, 0.2) is 0 Å². The number of nitrogens with one attached hydrogen (secondary N) is 1. The summed E-state index contributed by atoms with van der Waals surface area (Å²) >= 11 is 1.81. The van der Waals surface area contributed by atoms with Crippen molar-refractivity contribution in [2.75, 3.05) is 6.54 Å². The van der Waals surface area contributed by atoms with E-state index >= 15 is 0 Å². The Labute approximate surface area is 91.4 Å². The molecule has 78 valence electrons. The van der Waals surface area contributed by atoms with Crippen LogP contribution in [0.4, 0.5) is 0 Å². The zero-order valence-electron chi connectivity index (χ0n) is 8.83. The van der Waals surface area contributed by atoms with Crippen LogP contribution in [-0.2, 0) is 5.75 Å². The summed E-state index contributed by atoms with van der Waals surface area (Å²) in [6, 6.07) is 10.6. The van der Waals surface area contributed by atoms with E-state index in [1.165, 1.54) is 24.8 Å². The van der Waals surface area contributed by atoms with Crippen LogP contribution in [0, 0.1) is 0 Å². The lowest BCUT2D eigenvalue weighted by atomic mass is 10.2. The fourth-order valence-corrected chi connectivity index (χ4v) is 1.98. The molecular formula is C12H19NS. The highest BCUT2D eigenvalue weighted by Gasteiger charge is 1.91. The van der Waals surface area contributed by atoms with E-state index in [2.05, 4.69) is 42.0 Å². The maximum atomic E-state index is 3.39. The fraction of sp³-hybridized carbons (Fsp3) is 0.500. The fourth-order valence-electron chi connectivity index (χ4n) is 1.23. The zero-order valence-corrected chi connectivity index (χ0v) is 9.65. The molecule has 1 rings (SSSR count). The summed E-state index contributed by atoms with van der Waals surface area (Å²) < 4.78 is 3.39. The van der Waals surface area contributed by atoms with Gasteiger partial charge in [-0.15, -0.1) is 0 Å². The number of hydrogen-bond acceptors (Lipinski definition) is 2. The van der Waals surface area contributed by atoms with Gasteiger partial charge in [-0.05, 0) is 12.0 Å². The third-order valence-electron chi connectivity index (χ3n) is 2.07. The molecule has 0 aliphatic heterocycles. The molecule has 1 aromatic rings. The van der Waals surface area contributed by atoms with Gasteiger partial charge in [-0.25, -0.2) is 0 Å². The quantitative estimate of drug-likeness (QED) is 0.544. The summed E-state index contributed by atoms with van der Waals surface area (Å²) in [6.07, 6.45) is 3.92. The lowest BCUT2D eigenvalue weighted by Gasteiger charge is -2.03. The normalized spacial score (nSPS) is 10.4. The smallest absolute Gasteiger partial charge is 0.0330 e. The van der Waals surface area contributed by atoms with Crippen LogP contribution in [0.3, 0.4) is 0 Å². The Morgan fingerprint density at radius 2 is 1.93 bits per heavy atom. The first-order valence-electron chi connectivity index (χ1n) is 5.32. The van der Waals surface area contributed by atoms with E-state index in [4.69, 9.17) is 0 Å². The summed E-state index contributed by atoms with van der Waals surface area (Å²) in [6.45, 7) is 3.36. The van der Waals surface area contributed by atoms with Crippen LogP contribution in [0.25, 0.3) is 0 Å². The maximum Gasteiger partial charge on any atom is 0.0330 e. The molecule has 0 spiro atoms. The summed E-state index contributed by atoms with van der Waals surface area (Å²) in [5, 5.41) is 0.